The van der Waals surface area contributed by atoms with Crippen LogP contribution in [0.25, 0.3) is 11.0 Å². The smallest absolute Gasteiger partial charge is 0.0955 e. The highest BCUT2D eigenvalue weighted by Gasteiger charge is 2.20. The van der Waals surface area contributed by atoms with Crippen LogP contribution >= 0.6 is 0 Å². The van der Waals surface area contributed by atoms with Gasteiger partial charge in [-0.15, -0.1) is 0 Å². The van der Waals surface area contributed by atoms with E-state index in [0.717, 1.165) is 5.52 Å². The van der Waals surface area contributed by atoms with Crippen molar-refractivity contribution >= 4 is 11.0 Å². The van der Waals surface area contributed by atoms with E-state index in [0.29, 0.717) is 0 Å². The number of nitrogens with zero attached hydrogens (tertiary/aromatic N) is 2. The van der Waals surface area contributed by atoms with E-state index >= 15 is 0 Å². The highest BCUT2D eigenvalue weighted by molar-refractivity contribution is 5.81. The predicted octanol–water partition coefficient (Wildman–Crippen LogP) is 3.18. The zero-order chi connectivity index (χ0) is 11.2. The molecule has 80 valence electrons. The van der Waals surface area contributed by atoms with E-state index < -0.39 is 0 Å². The summed E-state index contributed by atoms with van der Waals surface area (Å²) < 4.78 is 2.07. The number of hydrogen-bond acceptors (Lipinski definition) is 1. The van der Waals surface area contributed by atoms with E-state index in [-0.39, 0.29) is 5.41 Å². The van der Waals surface area contributed by atoms with Crippen LogP contribution in [0.5, 0.6) is 0 Å². The van der Waals surface area contributed by atoms with Gasteiger partial charge in [-0.05, 0) is 29.5 Å². The average molecular weight is 202 g/mol. The molecule has 0 bridgehead atoms. The van der Waals surface area contributed by atoms with E-state index in [2.05, 4.69) is 49.4 Å². The van der Waals surface area contributed by atoms with Crippen LogP contribution in [0.1, 0.15) is 31.9 Å². The van der Waals surface area contributed by atoms with Gasteiger partial charge in [-0.25, -0.2) is 4.98 Å². The number of rotatable bonds is 0. The predicted molar refractivity (Wildman–Crippen MR) is 64.2 cm³/mol. The van der Waals surface area contributed by atoms with Crippen LogP contribution in [0.15, 0.2) is 18.5 Å². The minimum Gasteiger partial charge on any atom is -0.334 e. The molecule has 0 fully saturated rings. The molecule has 0 unspecified atom stereocenters. The topological polar surface area (TPSA) is 17.8 Å². The number of hydrogen-bond donors (Lipinski definition) is 0. The van der Waals surface area contributed by atoms with Crippen molar-refractivity contribution in [2.75, 3.05) is 0 Å². The van der Waals surface area contributed by atoms with Crippen LogP contribution in [0, 0.1) is 6.92 Å². The monoisotopic (exact) mass is 202 g/mol. The Hall–Kier alpha value is -1.31. The minimum absolute atomic E-state index is 0.151. The van der Waals surface area contributed by atoms with E-state index in [4.69, 9.17) is 0 Å². The van der Waals surface area contributed by atoms with Gasteiger partial charge in [0.05, 0.1) is 17.4 Å². The summed E-state index contributed by atoms with van der Waals surface area (Å²) in [5, 5.41) is 0. The lowest BCUT2D eigenvalue weighted by atomic mass is 9.83. The van der Waals surface area contributed by atoms with Gasteiger partial charge < -0.3 is 4.57 Å². The zero-order valence-corrected chi connectivity index (χ0v) is 10.1. The summed E-state index contributed by atoms with van der Waals surface area (Å²) in [6, 6.07) is 4.33. The molecule has 0 saturated carbocycles. The van der Waals surface area contributed by atoms with Gasteiger partial charge in [-0.3, -0.25) is 0 Å². The number of benzene rings is 1. The summed E-state index contributed by atoms with van der Waals surface area (Å²) >= 11 is 0. The van der Waals surface area contributed by atoms with Crippen LogP contribution < -0.4 is 0 Å². The molecule has 0 atom stereocenters. The third kappa shape index (κ3) is 1.54. The molecule has 0 aliphatic carbocycles. The van der Waals surface area contributed by atoms with E-state index in [1.165, 1.54) is 16.6 Å². The van der Waals surface area contributed by atoms with Gasteiger partial charge in [0.25, 0.3) is 0 Å². The number of aromatic nitrogens is 2. The zero-order valence-electron chi connectivity index (χ0n) is 10.1. The maximum atomic E-state index is 4.51. The van der Waals surface area contributed by atoms with Gasteiger partial charge >= 0.3 is 0 Å². The van der Waals surface area contributed by atoms with Gasteiger partial charge in [-0.2, -0.15) is 0 Å². The highest BCUT2D eigenvalue weighted by atomic mass is 15.0. The molecule has 2 nitrogen and oxygen atoms in total. The maximum Gasteiger partial charge on any atom is 0.0955 e. The fraction of sp³-hybridized carbons (Fsp3) is 0.462. The molecule has 0 spiro atoms. The molecule has 0 aliphatic heterocycles. The van der Waals surface area contributed by atoms with Crippen molar-refractivity contribution in [1.82, 2.24) is 9.55 Å². The molecule has 1 aromatic carbocycles. The summed E-state index contributed by atoms with van der Waals surface area (Å²) in [5.41, 5.74) is 5.20. The van der Waals surface area contributed by atoms with Crippen molar-refractivity contribution in [3.8, 4) is 0 Å². The quantitative estimate of drug-likeness (QED) is 0.641. The van der Waals surface area contributed by atoms with Gasteiger partial charge in [0.2, 0.25) is 0 Å². The lowest BCUT2D eigenvalue weighted by molar-refractivity contribution is 0.591. The highest BCUT2D eigenvalue weighted by Crippen LogP contribution is 2.31. The molecule has 2 aromatic rings. The fourth-order valence-electron chi connectivity index (χ4n) is 2.25. The summed E-state index contributed by atoms with van der Waals surface area (Å²) in [4.78, 5) is 4.51. The van der Waals surface area contributed by atoms with Gasteiger partial charge in [-0.1, -0.05) is 26.8 Å². The van der Waals surface area contributed by atoms with Crippen molar-refractivity contribution < 1.29 is 0 Å². The molecule has 0 aliphatic rings. The van der Waals surface area contributed by atoms with Gasteiger partial charge in [0, 0.05) is 7.05 Å². The molecule has 1 heterocycles. The largest absolute Gasteiger partial charge is 0.334 e. The summed E-state index contributed by atoms with van der Waals surface area (Å²) in [6.07, 6.45) is 1.89. The SMILES string of the molecule is Cc1ccc2c(ncn2C)c1C(C)(C)C. The molecule has 15 heavy (non-hydrogen) atoms. The standard InChI is InChI=1S/C13H18N2/c1-9-6-7-10-12(14-8-15(10)5)11(9)13(2,3)4/h6-8H,1-5H3. The summed E-state index contributed by atoms with van der Waals surface area (Å²) in [5.74, 6) is 0. The van der Waals surface area contributed by atoms with E-state index in [9.17, 15) is 0 Å². The second-order valence-electron chi connectivity index (χ2n) is 5.23. The Labute approximate surface area is 90.9 Å². The summed E-state index contributed by atoms with van der Waals surface area (Å²) in [6.45, 7) is 8.88. The first kappa shape index (κ1) is 10.2. The lowest BCUT2D eigenvalue weighted by Crippen LogP contribution is -2.13. The van der Waals surface area contributed by atoms with Crippen molar-refractivity contribution in [3.63, 3.8) is 0 Å². The number of aryl methyl sites for hydroxylation is 2. The minimum atomic E-state index is 0.151. The normalized spacial score (nSPS) is 12.3. The first-order valence-corrected chi connectivity index (χ1v) is 5.32. The average Bonchev–Trinajstić information content (AvgIpc) is 2.45. The lowest BCUT2D eigenvalue weighted by Gasteiger charge is -2.22. The van der Waals surface area contributed by atoms with Gasteiger partial charge in [0.15, 0.2) is 0 Å². The number of fused-ring (bicyclic) bond motifs is 1. The first-order chi connectivity index (χ1) is 6.91. The Kier molecular flexibility index (Phi) is 2.10. The van der Waals surface area contributed by atoms with Crippen molar-refractivity contribution in [3.05, 3.63) is 29.6 Å². The Morgan fingerprint density at radius 3 is 2.47 bits per heavy atom. The second kappa shape index (κ2) is 3.09. The van der Waals surface area contributed by atoms with Crippen LogP contribution in [0.3, 0.4) is 0 Å². The Morgan fingerprint density at radius 1 is 1.20 bits per heavy atom. The maximum absolute atomic E-state index is 4.51. The molecule has 0 saturated heterocycles. The molecule has 1 aromatic heterocycles. The number of imidazole rings is 1. The van der Waals surface area contributed by atoms with Crippen molar-refractivity contribution in [2.45, 2.75) is 33.1 Å². The van der Waals surface area contributed by atoms with Gasteiger partial charge in [0.1, 0.15) is 0 Å². The summed E-state index contributed by atoms with van der Waals surface area (Å²) in [7, 11) is 2.04. The Bertz CT molecular complexity index is 501. The van der Waals surface area contributed by atoms with E-state index in [1.807, 2.05) is 13.4 Å². The fourth-order valence-corrected chi connectivity index (χ4v) is 2.25. The molecule has 2 heteroatoms. The molecule has 0 amide bonds. The van der Waals surface area contributed by atoms with Crippen molar-refractivity contribution in [2.24, 2.45) is 7.05 Å². The molecule has 2 rings (SSSR count). The first-order valence-electron chi connectivity index (χ1n) is 5.32. The van der Waals surface area contributed by atoms with Crippen molar-refractivity contribution in [1.29, 1.82) is 0 Å². The molecular formula is C13H18N2. The molecule has 0 radical (unpaired) electrons. The molecule has 0 N–H and O–H groups in total. The van der Waals surface area contributed by atoms with Crippen LogP contribution in [-0.4, -0.2) is 9.55 Å². The molecular weight excluding hydrogens is 184 g/mol. The van der Waals surface area contributed by atoms with Crippen LogP contribution in [-0.2, 0) is 12.5 Å². The third-order valence-corrected chi connectivity index (χ3v) is 2.85. The van der Waals surface area contributed by atoms with E-state index in [1.54, 1.807) is 0 Å². The van der Waals surface area contributed by atoms with Crippen LogP contribution in [0.2, 0.25) is 0 Å². The van der Waals surface area contributed by atoms with Crippen LogP contribution in [0.4, 0.5) is 0 Å². The second-order valence-corrected chi connectivity index (χ2v) is 5.23. The Morgan fingerprint density at radius 2 is 1.87 bits per heavy atom. The third-order valence-electron chi connectivity index (χ3n) is 2.85. The Balaban J connectivity index is 2.87.